The van der Waals surface area contributed by atoms with E-state index >= 15 is 0 Å². The molecule has 36 heavy (non-hydrogen) atoms. The molecule has 9 heteroatoms. The zero-order valence-electron chi connectivity index (χ0n) is 20.2. The van der Waals surface area contributed by atoms with Gasteiger partial charge in [-0.3, -0.25) is 9.48 Å². The maximum atomic E-state index is 12.7. The molecule has 0 N–H and O–H groups in total. The highest BCUT2D eigenvalue weighted by atomic mass is 35.5. The molecule has 0 aliphatic heterocycles. The van der Waals surface area contributed by atoms with E-state index < -0.39 is 18.0 Å². The van der Waals surface area contributed by atoms with E-state index in [2.05, 4.69) is 10.3 Å². The summed E-state index contributed by atoms with van der Waals surface area (Å²) in [4.78, 5) is 24.5. The minimum absolute atomic E-state index is 0.0190. The Kier molecular flexibility index (Phi) is 7.85. The number of hydrogen-bond acceptors (Lipinski definition) is 7. The van der Waals surface area contributed by atoms with Crippen molar-refractivity contribution in [3.05, 3.63) is 93.9 Å². The van der Waals surface area contributed by atoms with Crippen LogP contribution in [0.15, 0.2) is 65.4 Å². The maximum absolute atomic E-state index is 12.7. The zero-order chi connectivity index (χ0) is 25.7. The smallest absolute Gasteiger partial charge is 0.341 e. The minimum atomic E-state index is -0.485. The van der Waals surface area contributed by atoms with Gasteiger partial charge in [0.1, 0.15) is 6.10 Å². The first kappa shape index (κ1) is 25.2. The van der Waals surface area contributed by atoms with Crippen molar-refractivity contribution in [1.29, 1.82) is 0 Å². The fourth-order valence-corrected chi connectivity index (χ4v) is 4.08. The number of ether oxygens (including phenoxy) is 2. The van der Waals surface area contributed by atoms with Crippen LogP contribution < -0.4 is 0 Å². The Hall–Kier alpha value is -3.91. The average molecular weight is 508 g/mol. The number of halogens is 1. The monoisotopic (exact) mass is 507 g/mol. The lowest BCUT2D eigenvalue weighted by molar-refractivity contribution is -0.147. The summed E-state index contributed by atoms with van der Waals surface area (Å²) in [6.07, 6.45) is 2.67. The van der Waals surface area contributed by atoms with Crippen molar-refractivity contribution in [3.8, 4) is 11.3 Å². The Morgan fingerprint density at radius 1 is 1.14 bits per heavy atom. The molecule has 186 valence electrons. The zero-order valence-corrected chi connectivity index (χ0v) is 21.0. The topological polar surface area (TPSA) is 96.5 Å². The van der Waals surface area contributed by atoms with E-state index in [9.17, 15) is 9.59 Å². The van der Waals surface area contributed by atoms with Gasteiger partial charge in [0.05, 0.1) is 37.0 Å². The van der Waals surface area contributed by atoms with Gasteiger partial charge in [0.2, 0.25) is 0 Å². The molecule has 0 aliphatic carbocycles. The van der Waals surface area contributed by atoms with Crippen molar-refractivity contribution >= 4 is 23.5 Å². The second-order valence-electron chi connectivity index (χ2n) is 8.25. The Balaban J connectivity index is 1.43. The van der Waals surface area contributed by atoms with Crippen LogP contribution in [0.3, 0.4) is 0 Å². The number of carbonyl (C=O) groups excluding carboxylic acids is 2. The summed E-state index contributed by atoms with van der Waals surface area (Å²) in [5.74, 6) is -0.278. The highest BCUT2D eigenvalue weighted by Gasteiger charge is 2.21. The molecule has 0 radical (unpaired) electrons. The summed E-state index contributed by atoms with van der Waals surface area (Å²) in [6.45, 7) is 6.13. The van der Waals surface area contributed by atoms with Crippen LogP contribution in [0.5, 0.6) is 0 Å². The number of esters is 2. The Bertz CT molecular complexity index is 1360. The van der Waals surface area contributed by atoms with E-state index in [1.54, 1.807) is 37.7 Å². The molecule has 2 heterocycles. The fourth-order valence-electron chi connectivity index (χ4n) is 3.79. The first-order chi connectivity index (χ1) is 17.4. The molecule has 0 saturated heterocycles. The van der Waals surface area contributed by atoms with Gasteiger partial charge >= 0.3 is 11.9 Å². The van der Waals surface area contributed by atoms with Crippen molar-refractivity contribution in [1.82, 2.24) is 14.9 Å². The molecule has 0 amide bonds. The second kappa shape index (κ2) is 11.2. The van der Waals surface area contributed by atoms with Crippen LogP contribution in [0.1, 0.15) is 52.7 Å². The van der Waals surface area contributed by atoms with Crippen LogP contribution in [0.25, 0.3) is 11.3 Å². The number of aryl methyl sites for hydroxylation is 1. The molecule has 2 aromatic heterocycles. The SMILES string of the molecule is CCOC(=O)c1cnn(Cc2ccc(-c3onc(C)c3CC(=O)OC(C)c3ccccc3Cl)cc2)c1. The molecular formula is C27H26ClN3O5. The van der Waals surface area contributed by atoms with E-state index in [0.29, 0.717) is 40.8 Å². The number of hydrogen-bond donors (Lipinski definition) is 0. The van der Waals surface area contributed by atoms with Crippen LogP contribution in [0.2, 0.25) is 5.02 Å². The lowest BCUT2D eigenvalue weighted by atomic mass is 10.0. The largest absolute Gasteiger partial charge is 0.462 e. The maximum Gasteiger partial charge on any atom is 0.341 e. The number of rotatable bonds is 9. The number of nitrogens with zero attached hydrogens (tertiary/aromatic N) is 3. The molecule has 0 aliphatic rings. The third-order valence-electron chi connectivity index (χ3n) is 5.66. The summed E-state index contributed by atoms with van der Waals surface area (Å²) in [6, 6.07) is 14.9. The first-order valence-corrected chi connectivity index (χ1v) is 11.9. The molecule has 0 fully saturated rings. The number of benzene rings is 2. The van der Waals surface area contributed by atoms with Gasteiger partial charge in [0.25, 0.3) is 0 Å². The van der Waals surface area contributed by atoms with E-state index in [-0.39, 0.29) is 6.42 Å². The van der Waals surface area contributed by atoms with Crippen molar-refractivity contribution in [2.75, 3.05) is 6.61 Å². The van der Waals surface area contributed by atoms with Gasteiger partial charge < -0.3 is 14.0 Å². The summed E-state index contributed by atoms with van der Waals surface area (Å²) < 4.78 is 17.8. The standard InChI is InChI=1S/C27H26ClN3O5/c1-4-34-27(33)21-14-29-31(16-21)15-19-9-11-20(12-10-19)26-23(17(2)30-36-26)13-25(32)35-18(3)22-7-5-6-8-24(22)28/h5-12,14,16,18H,4,13,15H2,1-3H3. The lowest BCUT2D eigenvalue weighted by Crippen LogP contribution is -2.12. The third kappa shape index (κ3) is 5.83. The molecule has 1 atom stereocenters. The normalized spacial score (nSPS) is 11.8. The molecule has 0 bridgehead atoms. The molecular weight excluding hydrogens is 482 g/mol. The second-order valence-corrected chi connectivity index (χ2v) is 8.66. The predicted molar refractivity (Wildman–Crippen MR) is 134 cm³/mol. The van der Waals surface area contributed by atoms with Gasteiger partial charge in [-0.1, -0.05) is 59.2 Å². The summed E-state index contributed by atoms with van der Waals surface area (Å²) in [5.41, 5.74) is 4.21. The van der Waals surface area contributed by atoms with E-state index in [0.717, 1.165) is 16.7 Å². The molecule has 4 rings (SSSR count). The molecule has 0 spiro atoms. The van der Waals surface area contributed by atoms with Gasteiger partial charge in [-0.15, -0.1) is 0 Å². The summed E-state index contributed by atoms with van der Waals surface area (Å²) >= 11 is 6.23. The van der Waals surface area contributed by atoms with Crippen molar-refractivity contribution in [3.63, 3.8) is 0 Å². The quantitative estimate of drug-likeness (QED) is 0.273. The van der Waals surface area contributed by atoms with Gasteiger partial charge in [0, 0.05) is 27.9 Å². The molecule has 0 saturated carbocycles. The average Bonchev–Trinajstić information content (AvgIpc) is 3.47. The summed E-state index contributed by atoms with van der Waals surface area (Å²) in [7, 11) is 0. The molecule has 8 nitrogen and oxygen atoms in total. The van der Waals surface area contributed by atoms with Crippen LogP contribution >= 0.6 is 11.6 Å². The van der Waals surface area contributed by atoms with Gasteiger partial charge in [0.15, 0.2) is 5.76 Å². The van der Waals surface area contributed by atoms with Crippen LogP contribution in [-0.2, 0) is 27.2 Å². The van der Waals surface area contributed by atoms with Gasteiger partial charge in [-0.05, 0) is 32.4 Å². The third-order valence-corrected chi connectivity index (χ3v) is 6.01. The van der Waals surface area contributed by atoms with E-state index in [1.807, 2.05) is 42.5 Å². The predicted octanol–water partition coefficient (Wildman–Crippen LogP) is 5.57. The van der Waals surface area contributed by atoms with E-state index in [1.165, 1.54) is 6.20 Å². The van der Waals surface area contributed by atoms with Gasteiger partial charge in [-0.2, -0.15) is 5.10 Å². The molecule has 2 aromatic carbocycles. The van der Waals surface area contributed by atoms with E-state index in [4.69, 9.17) is 25.6 Å². The Labute approximate surface area is 213 Å². The molecule has 4 aromatic rings. The van der Waals surface area contributed by atoms with Crippen LogP contribution in [0, 0.1) is 6.92 Å². The van der Waals surface area contributed by atoms with Crippen LogP contribution in [-0.4, -0.2) is 33.5 Å². The van der Waals surface area contributed by atoms with Crippen molar-refractivity contribution < 1.29 is 23.6 Å². The highest BCUT2D eigenvalue weighted by Crippen LogP contribution is 2.29. The first-order valence-electron chi connectivity index (χ1n) is 11.5. The Morgan fingerprint density at radius 2 is 1.89 bits per heavy atom. The molecule has 1 unspecified atom stereocenters. The number of carbonyl (C=O) groups is 2. The summed E-state index contributed by atoms with van der Waals surface area (Å²) in [5, 5.41) is 8.83. The van der Waals surface area contributed by atoms with Gasteiger partial charge in [-0.25, -0.2) is 4.79 Å². The van der Waals surface area contributed by atoms with Crippen LogP contribution in [0.4, 0.5) is 0 Å². The highest BCUT2D eigenvalue weighted by molar-refractivity contribution is 6.31. The van der Waals surface area contributed by atoms with Crippen molar-refractivity contribution in [2.45, 2.75) is 39.8 Å². The Morgan fingerprint density at radius 3 is 2.61 bits per heavy atom. The van der Waals surface area contributed by atoms with Crippen molar-refractivity contribution in [2.24, 2.45) is 0 Å². The lowest BCUT2D eigenvalue weighted by Gasteiger charge is -2.15. The number of aromatic nitrogens is 3. The minimum Gasteiger partial charge on any atom is -0.462 e. The fraction of sp³-hybridized carbons (Fsp3) is 0.259.